The average Bonchev–Trinajstić information content (AvgIpc) is 3.13. The molecule has 4 aromatic rings. The molecule has 33 heavy (non-hydrogen) atoms. The Morgan fingerprint density at radius 1 is 0.606 bits per heavy atom. The molecule has 0 saturated carbocycles. The molecule has 5 rings (SSSR count). The molecule has 0 bridgehead atoms. The van der Waals surface area contributed by atoms with E-state index in [4.69, 9.17) is 0 Å². The lowest BCUT2D eigenvalue weighted by atomic mass is 9.97. The van der Waals surface area contributed by atoms with Gasteiger partial charge in [-0.15, -0.1) is 0 Å². The van der Waals surface area contributed by atoms with Crippen LogP contribution in [0, 0.1) is 10.5 Å². The third-order valence-corrected chi connectivity index (χ3v) is 7.67. The number of para-hydroxylation sites is 2. The van der Waals surface area contributed by atoms with Crippen LogP contribution in [0.4, 0.5) is 11.4 Å². The molecule has 1 aliphatic heterocycles. The van der Waals surface area contributed by atoms with E-state index in [9.17, 15) is 0 Å². The quantitative estimate of drug-likeness (QED) is 0.240. The summed E-state index contributed by atoms with van der Waals surface area (Å²) in [4.78, 5) is 5.20. The van der Waals surface area contributed by atoms with Crippen LogP contribution in [-0.4, -0.2) is 18.8 Å². The van der Waals surface area contributed by atoms with E-state index < -0.39 is 0 Å². The highest BCUT2D eigenvalue weighted by molar-refractivity contribution is 14.1. The second kappa shape index (κ2) is 8.86. The Bertz CT molecular complexity index is 1170. The molecule has 1 heterocycles. The molecule has 1 aliphatic rings. The molecule has 4 aromatic carbocycles. The van der Waals surface area contributed by atoms with Gasteiger partial charge < -0.3 is 9.80 Å². The average molecular weight is 544 g/mol. The van der Waals surface area contributed by atoms with Crippen molar-refractivity contribution in [1.29, 1.82) is 0 Å². The maximum absolute atomic E-state index is 2.60. The number of halogens is 1. The first-order chi connectivity index (χ1) is 16.0. The summed E-state index contributed by atoms with van der Waals surface area (Å²) in [5.41, 5.74) is 8.93. The molecule has 0 aromatic heterocycles. The van der Waals surface area contributed by atoms with Gasteiger partial charge in [0.2, 0.25) is 0 Å². The van der Waals surface area contributed by atoms with E-state index in [1.54, 1.807) is 0 Å². The third-order valence-electron chi connectivity index (χ3n) is 6.80. The van der Waals surface area contributed by atoms with Crippen molar-refractivity contribution in [2.24, 2.45) is 0 Å². The summed E-state index contributed by atoms with van der Waals surface area (Å²) in [6.45, 7) is 8.92. The molecule has 0 N–H and O–H groups in total. The Balaban J connectivity index is 1.62. The van der Waals surface area contributed by atoms with Gasteiger partial charge in [0.1, 0.15) is 5.66 Å². The van der Waals surface area contributed by atoms with Gasteiger partial charge in [-0.05, 0) is 66.1 Å². The van der Waals surface area contributed by atoms with Crippen molar-refractivity contribution in [1.82, 2.24) is 0 Å². The van der Waals surface area contributed by atoms with Crippen molar-refractivity contribution in [3.63, 3.8) is 0 Å². The molecular weight excluding hydrogens is 515 g/mol. The first kappa shape index (κ1) is 22.0. The summed E-state index contributed by atoms with van der Waals surface area (Å²) in [6.07, 6.45) is 0. The molecule has 2 nitrogen and oxygen atoms in total. The molecule has 0 atom stereocenters. The number of anilines is 2. The minimum absolute atomic E-state index is 0.180. The Morgan fingerprint density at radius 3 is 1.67 bits per heavy atom. The third kappa shape index (κ3) is 3.93. The fourth-order valence-electron chi connectivity index (χ4n) is 5.17. The van der Waals surface area contributed by atoms with Crippen LogP contribution in [0.5, 0.6) is 0 Å². The van der Waals surface area contributed by atoms with Gasteiger partial charge in [-0.3, -0.25) is 0 Å². The molecule has 0 aliphatic carbocycles. The SMILES string of the molecule is Cc1cccc(-c2ccccc2)c1N1CCN(c2c(I)cccc2-c2ccccc2)C1(C)C. The lowest BCUT2D eigenvalue weighted by Crippen LogP contribution is -2.49. The smallest absolute Gasteiger partial charge is 0.107 e. The molecule has 1 fully saturated rings. The highest BCUT2D eigenvalue weighted by Crippen LogP contribution is 2.45. The number of benzene rings is 4. The van der Waals surface area contributed by atoms with Crippen LogP contribution in [0.1, 0.15) is 19.4 Å². The summed E-state index contributed by atoms with van der Waals surface area (Å²) >= 11 is 2.50. The number of hydrogen-bond acceptors (Lipinski definition) is 2. The second-order valence-corrected chi connectivity index (χ2v) is 10.3. The van der Waals surface area contributed by atoms with Gasteiger partial charge >= 0.3 is 0 Å². The number of aryl methyl sites for hydroxylation is 1. The van der Waals surface area contributed by atoms with E-state index in [1.165, 1.54) is 42.8 Å². The van der Waals surface area contributed by atoms with E-state index >= 15 is 0 Å². The Kier molecular flexibility index (Phi) is 5.92. The molecule has 0 unspecified atom stereocenters. The van der Waals surface area contributed by atoms with Crippen molar-refractivity contribution in [2.45, 2.75) is 26.4 Å². The minimum atomic E-state index is -0.180. The van der Waals surface area contributed by atoms with Crippen LogP contribution in [0.15, 0.2) is 97.1 Å². The molecule has 166 valence electrons. The maximum atomic E-state index is 2.60. The highest BCUT2D eigenvalue weighted by atomic mass is 127. The maximum Gasteiger partial charge on any atom is 0.107 e. The fourth-order valence-corrected chi connectivity index (χ4v) is 5.96. The van der Waals surface area contributed by atoms with Gasteiger partial charge in [0.25, 0.3) is 0 Å². The molecule has 0 spiro atoms. The number of nitrogens with zero attached hydrogens (tertiary/aromatic N) is 2. The van der Waals surface area contributed by atoms with Gasteiger partial charge in [-0.2, -0.15) is 0 Å². The van der Waals surface area contributed by atoms with E-state index in [1.807, 2.05) is 0 Å². The van der Waals surface area contributed by atoms with E-state index in [2.05, 4.69) is 150 Å². The number of hydrogen-bond donors (Lipinski definition) is 0. The van der Waals surface area contributed by atoms with E-state index in [0.29, 0.717) is 0 Å². The first-order valence-corrected chi connectivity index (χ1v) is 12.6. The van der Waals surface area contributed by atoms with Crippen LogP contribution < -0.4 is 9.80 Å². The monoisotopic (exact) mass is 544 g/mol. The Morgan fingerprint density at radius 2 is 1.09 bits per heavy atom. The van der Waals surface area contributed by atoms with Gasteiger partial charge in [0.15, 0.2) is 0 Å². The normalized spacial score (nSPS) is 15.2. The van der Waals surface area contributed by atoms with Crippen LogP contribution in [0.2, 0.25) is 0 Å². The van der Waals surface area contributed by atoms with Gasteiger partial charge in [-0.25, -0.2) is 0 Å². The standard InChI is InChI=1S/C30H29IN2/c1-22-12-10-17-25(23-13-6-4-7-14-23)28(22)32-20-21-33(30(32,2)3)29-26(18-11-19-27(29)31)24-15-8-5-9-16-24/h4-19H,20-21H2,1-3H3. The molecule has 0 radical (unpaired) electrons. The van der Waals surface area contributed by atoms with Crippen molar-refractivity contribution < 1.29 is 0 Å². The predicted molar refractivity (Wildman–Crippen MR) is 150 cm³/mol. The Labute approximate surface area is 211 Å². The van der Waals surface area contributed by atoms with Crippen LogP contribution in [0.3, 0.4) is 0 Å². The van der Waals surface area contributed by atoms with Crippen molar-refractivity contribution in [2.75, 3.05) is 22.9 Å². The second-order valence-electron chi connectivity index (χ2n) is 9.14. The van der Waals surface area contributed by atoms with Gasteiger partial charge in [0.05, 0.1) is 5.69 Å². The summed E-state index contributed by atoms with van der Waals surface area (Å²) < 4.78 is 1.29. The topological polar surface area (TPSA) is 6.48 Å². The Hall–Kier alpha value is -2.79. The summed E-state index contributed by atoms with van der Waals surface area (Å²) in [5.74, 6) is 0. The van der Waals surface area contributed by atoms with Crippen LogP contribution in [0.25, 0.3) is 22.3 Å². The minimum Gasteiger partial charge on any atom is -0.347 e. The highest BCUT2D eigenvalue weighted by Gasteiger charge is 2.42. The van der Waals surface area contributed by atoms with E-state index in [0.717, 1.165) is 13.1 Å². The van der Waals surface area contributed by atoms with Crippen LogP contribution in [-0.2, 0) is 0 Å². The van der Waals surface area contributed by atoms with Crippen LogP contribution >= 0.6 is 22.6 Å². The predicted octanol–water partition coefficient (Wildman–Crippen LogP) is 8.00. The van der Waals surface area contributed by atoms with Gasteiger partial charge in [-0.1, -0.05) is 91.0 Å². The van der Waals surface area contributed by atoms with E-state index in [-0.39, 0.29) is 5.66 Å². The zero-order chi connectivity index (χ0) is 23.0. The van der Waals surface area contributed by atoms with Crippen molar-refractivity contribution in [3.05, 3.63) is 106 Å². The number of rotatable bonds is 4. The summed E-state index contributed by atoms with van der Waals surface area (Å²) in [6, 6.07) is 34.9. The largest absolute Gasteiger partial charge is 0.347 e. The zero-order valence-corrected chi connectivity index (χ0v) is 21.6. The molecule has 0 amide bonds. The van der Waals surface area contributed by atoms with Crippen molar-refractivity contribution >= 4 is 34.0 Å². The van der Waals surface area contributed by atoms with Crippen molar-refractivity contribution in [3.8, 4) is 22.3 Å². The first-order valence-electron chi connectivity index (χ1n) is 11.5. The summed E-state index contributed by atoms with van der Waals surface area (Å²) in [7, 11) is 0. The fraction of sp³-hybridized carbons (Fsp3) is 0.200. The lowest BCUT2D eigenvalue weighted by Gasteiger charge is -2.42. The summed E-state index contributed by atoms with van der Waals surface area (Å²) in [5, 5.41) is 0. The van der Waals surface area contributed by atoms with Gasteiger partial charge in [0, 0.05) is 33.5 Å². The molecular formula is C30H29IN2. The zero-order valence-electron chi connectivity index (χ0n) is 19.4. The molecule has 3 heteroatoms. The molecule has 1 saturated heterocycles. The lowest BCUT2D eigenvalue weighted by molar-refractivity contribution is 0.519.